The van der Waals surface area contributed by atoms with Gasteiger partial charge in [-0.05, 0) is 55.2 Å². The molecular formula is C22H33N5. The number of aliphatic imine (C=N–C) groups is 1. The van der Waals surface area contributed by atoms with Crippen LogP contribution in [0.4, 0.5) is 0 Å². The zero-order valence-corrected chi connectivity index (χ0v) is 17.1. The molecule has 5 heteroatoms. The summed E-state index contributed by atoms with van der Waals surface area (Å²) in [6.07, 6.45) is 8.98. The van der Waals surface area contributed by atoms with Crippen LogP contribution in [0.5, 0.6) is 0 Å². The number of aromatic nitrogens is 2. The molecular weight excluding hydrogens is 334 g/mol. The molecule has 0 radical (unpaired) electrons. The lowest BCUT2D eigenvalue weighted by Gasteiger charge is -2.22. The molecule has 1 atom stereocenters. The Bertz CT molecular complexity index is 775. The summed E-state index contributed by atoms with van der Waals surface area (Å²) in [4.78, 5) is 8.87. The number of benzene rings is 1. The monoisotopic (exact) mass is 367 g/mol. The number of rotatable bonds is 6. The predicted octanol–water partition coefficient (Wildman–Crippen LogP) is 3.84. The predicted molar refractivity (Wildman–Crippen MR) is 112 cm³/mol. The van der Waals surface area contributed by atoms with E-state index in [1.54, 1.807) is 0 Å². The van der Waals surface area contributed by atoms with Gasteiger partial charge in [0.25, 0.3) is 0 Å². The molecule has 3 rings (SSSR count). The van der Waals surface area contributed by atoms with Crippen molar-refractivity contribution in [1.82, 2.24) is 20.2 Å². The lowest BCUT2D eigenvalue weighted by molar-refractivity contribution is 0.503. The lowest BCUT2D eigenvalue weighted by Crippen LogP contribution is -2.38. The van der Waals surface area contributed by atoms with E-state index in [-0.39, 0.29) is 6.04 Å². The van der Waals surface area contributed by atoms with Crippen LogP contribution in [0.15, 0.2) is 35.6 Å². The van der Waals surface area contributed by atoms with Gasteiger partial charge in [-0.2, -0.15) is 0 Å². The summed E-state index contributed by atoms with van der Waals surface area (Å²) in [5.41, 5.74) is 4.36. The molecule has 5 nitrogen and oxygen atoms in total. The van der Waals surface area contributed by atoms with Gasteiger partial charge in [-0.3, -0.25) is 4.99 Å². The van der Waals surface area contributed by atoms with Crippen LogP contribution in [0, 0.1) is 5.92 Å². The minimum Gasteiger partial charge on any atom is -0.350 e. The van der Waals surface area contributed by atoms with E-state index in [0.29, 0.717) is 12.5 Å². The van der Waals surface area contributed by atoms with Gasteiger partial charge in [-0.15, -0.1) is 0 Å². The van der Waals surface area contributed by atoms with Crippen molar-refractivity contribution in [2.24, 2.45) is 10.9 Å². The lowest BCUT2D eigenvalue weighted by atomic mass is 9.89. The van der Waals surface area contributed by atoms with Crippen molar-refractivity contribution >= 4 is 5.96 Å². The standard InChI is InChI=1S/C22H33N5/c1-16(2)15-27-12-11-24-21(27)14-25-22(23-4)26-17(3)19-10-9-18-7-5-6-8-20(18)13-19/h9-13,16-17H,5-8,14-15H2,1-4H3,(H2,23,25,26). The van der Waals surface area contributed by atoms with Crippen molar-refractivity contribution in [2.45, 2.75) is 65.6 Å². The summed E-state index contributed by atoms with van der Waals surface area (Å²) < 4.78 is 2.21. The number of nitrogens with one attached hydrogen (secondary N) is 2. The van der Waals surface area contributed by atoms with Gasteiger partial charge in [0.2, 0.25) is 0 Å². The fourth-order valence-electron chi connectivity index (χ4n) is 3.74. The zero-order chi connectivity index (χ0) is 19.2. The maximum atomic E-state index is 4.48. The first-order valence-electron chi connectivity index (χ1n) is 10.2. The second-order valence-electron chi connectivity index (χ2n) is 7.92. The third kappa shape index (κ3) is 5.12. The molecule has 0 spiro atoms. The Hall–Kier alpha value is -2.30. The molecule has 27 heavy (non-hydrogen) atoms. The first-order valence-corrected chi connectivity index (χ1v) is 10.2. The van der Waals surface area contributed by atoms with E-state index in [4.69, 9.17) is 0 Å². The molecule has 1 aliphatic rings. The van der Waals surface area contributed by atoms with E-state index < -0.39 is 0 Å². The van der Waals surface area contributed by atoms with Gasteiger partial charge in [-0.1, -0.05) is 32.0 Å². The first-order chi connectivity index (χ1) is 13.1. The molecule has 2 N–H and O–H groups in total. The maximum Gasteiger partial charge on any atom is 0.191 e. The van der Waals surface area contributed by atoms with E-state index in [1.165, 1.54) is 42.4 Å². The minimum absolute atomic E-state index is 0.207. The van der Waals surface area contributed by atoms with Gasteiger partial charge in [0, 0.05) is 26.0 Å². The van der Waals surface area contributed by atoms with Crippen LogP contribution in [0.2, 0.25) is 0 Å². The molecule has 1 aromatic heterocycles. The van der Waals surface area contributed by atoms with Crippen molar-refractivity contribution in [3.05, 3.63) is 53.1 Å². The largest absolute Gasteiger partial charge is 0.350 e. The Morgan fingerprint density at radius 3 is 2.70 bits per heavy atom. The Labute approximate surface area is 163 Å². The van der Waals surface area contributed by atoms with E-state index in [2.05, 4.69) is 64.1 Å². The van der Waals surface area contributed by atoms with Crippen LogP contribution in [-0.2, 0) is 25.9 Å². The average Bonchev–Trinajstić information content (AvgIpc) is 3.10. The van der Waals surface area contributed by atoms with Crippen LogP contribution in [0.25, 0.3) is 0 Å². The SMILES string of the molecule is CN=C(NCc1nccn1CC(C)C)NC(C)c1ccc2c(c1)CCCC2. The molecule has 0 aliphatic heterocycles. The Balaban J connectivity index is 1.59. The van der Waals surface area contributed by atoms with Crippen molar-refractivity contribution in [3.8, 4) is 0 Å². The van der Waals surface area contributed by atoms with Gasteiger partial charge < -0.3 is 15.2 Å². The number of aryl methyl sites for hydroxylation is 2. The number of guanidine groups is 1. The third-order valence-corrected chi connectivity index (χ3v) is 5.23. The van der Waals surface area contributed by atoms with Gasteiger partial charge >= 0.3 is 0 Å². The smallest absolute Gasteiger partial charge is 0.191 e. The van der Waals surface area contributed by atoms with Gasteiger partial charge in [0.15, 0.2) is 5.96 Å². The number of hydrogen-bond donors (Lipinski definition) is 2. The van der Waals surface area contributed by atoms with Crippen molar-refractivity contribution in [2.75, 3.05) is 7.05 Å². The van der Waals surface area contributed by atoms with Gasteiger partial charge in [0.1, 0.15) is 5.82 Å². The molecule has 146 valence electrons. The normalized spacial score (nSPS) is 15.5. The molecule has 0 bridgehead atoms. The minimum atomic E-state index is 0.207. The zero-order valence-electron chi connectivity index (χ0n) is 17.1. The third-order valence-electron chi connectivity index (χ3n) is 5.23. The second kappa shape index (κ2) is 9.07. The summed E-state index contributed by atoms with van der Waals surface area (Å²) in [7, 11) is 1.81. The highest BCUT2D eigenvalue weighted by atomic mass is 15.2. The summed E-state index contributed by atoms with van der Waals surface area (Å²) in [6.45, 7) is 8.28. The molecule has 1 heterocycles. The second-order valence-corrected chi connectivity index (χ2v) is 7.92. The van der Waals surface area contributed by atoms with Gasteiger partial charge in [-0.25, -0.2) is 4.98 Å². The molecule has 0 saturated carbocycles. The maximum absolute atomic E-state index is 4.48. The van der Waals surface area contributed by atoms with Crippen LogP contribution in [0.1, 0.15) is 62.2 Å². The highest BCUT2D eigenvalue weighted by molar-refractivity contribution is 5.80. The van der Waals surface area contributed by atoms with E-state index >= 15 is 0 Å². The summed E-state index contributed by atoms with van der Waals surface area (Å²) in [5.74, 6) is 2.44. The van der Waals surface area contributed by atoms with Gasteiger partial charge in [0.05, 0.1) is 12.6 Å². The Morgan fingerprint density at radius 1 is 1.19 bits per heavy atom. The Kier molecular flexibility index (Phi) is 6.54. The summed E-state index contributed by atoms with van der Waals surface area (Å²) in [5, 5.41) is 6.92. The Morgan fingerprint density at radius 2 is 1.96 bits per heavy atom. The van der Waals surface area contributed by atoms with E-state index in [0.717, 1.165) is 18.3 Å². The van der Waals surface area contributed by atoms with Crippen molar-refractivity contribution in [3.63, 3.8) is 0 Å². The topological polar surface area (TPSA) is 54.2 Å². The van der Waals surface area contributed by atoms with Crippen LogP contribution in [-0.4, -0.2) is 22.6 Å². The fraction of sp³-hybridized carbons (Fsp3) is 0.545. The summed E-state index contributed by atoms with van der Waals surface area (Å²) in [6, 6.07) is 7.14. The fourth-order valence-corrected chi connectivity index (χ4v) is 3.74. The first kappa shape index (κ1) is 19.5. The number of imidazole rings is 1. The quantitative estimate of drug-likeness (QED) is 0.602. The molecule has 1 unspecified atom stereocenters. The van der Waals surface area contributed by atoms with Crippen molar-refractivity contribution in [1.29, 1.82) is 0 Å². The number of hydrogen-bond acceptors (Lipinski definition) is 2. The highest BCUT2D eigenvalue weighted by Gasteiger charge is 2.14. The van der Waals surface area contributed by atoms with E-state index in [1.807, 2.05) is 19.4 Å². The van der Waals surface area contributed by atoms with E-state index in [9.17, 15) is 0 Å². The molecule has 0 amide bonds. The molecule has 2 aromatic rings. The molecule has 1 aliphatic carbocycles. The van der Waals surface area contributed by atoms with Crippen molar-refractivity contribution < 1.29 is 0 Å². The average molecular weight is 368 g/mol. The molecule has 1 aromatic carbocycles. The molecule has 0 fully saturated rings. The number of nitrogens with zero attached hydrogens (tertiary/aromatic N) is 3. The van der Waals surface area contributed by atoms with Crippen LogP contribution < -0.4 is 10.6 Å². The highest BCUT2D eigenvalue weighted by Crippen LogP contribution is 2.24. The summed E-state index contributed by atoms with van der Waals surface area (Å²) >= 11 is 0. The van der Waals surface area contributed by atoms with Crippen LogP contribution in [0.3, 0.4) is 0 Å². The number of fused-ring (bicyclic) bond motifs is 1. The van der Waals surface area contributed by atoms with Crippen LogP contribution >= 0.6 is 0 Å². The molecule has 0 saturated heterocycles.